The predicted octanol–water partition coefficient (Wildman–Crippen LogP) is 5.84. The quantitative estimate of drug-likeness (QED) is 0.488. The summed E-state index contributed by atoms with van der Waals surface area (Å²) in [5, 5.41) is 0. The molecule has 0 unspecified atom stereocenters. The van der Waals surface area contributed by atoms with Crippen LogP contribution in [0.4, 0.5) is 0 Å². The highest BCUT2D eigenvalue weighted by molar-refractivity contribution is 7.43. The second kappa shape index (κ2) is 4.45. The van der Waals surface area contributed by atoms with Crippen LogP contribution in [0.3, 0.4) is 0 Å². The predicted molar refractivity (Wildman–Crippen MR) is 83.8 cm³/mol. The molecule has 0 nitrogen and oxygen atoms in total. The van der Waals surface area contributed by atoms with Gasteiger partial charge in [-0.15, -0.1) is 0 Å². The van der Waals surface area contributed by atoms with Crippen LogP contribution in [0.5, 0.6) is 0 Å². The molecule has 0 fully saturated rings. The molecule has 0 amide bonds. The van der Waals surface area contributed by atoms with Crippen molar-refractivity contribution in [2.75, 3.05) is 0 Å². The van der Waals surface area contributed by atoms with Gasteiger partial charge in [0.05, 0.1) is 28.2 Å². The van der Waals surface area contributed by atoms with E-state index < -0.39 is 0 Å². The lowest BCUT2D eigenvalue weighted by Gasteiger charge is -2.04. The monoisotopic (exact) mass is 271 g/mol. The van der Waals surface area contributed by atoms with Crippen LogP contribution in [-0.4, -0.2) is 0 Å². The minimum Gasteiger partial charge on any atom is -0.0587 e. The number of fused-ring (bicyclic) bond motifs is 1. The smallest absolute Gasteiger partial charge is 0.0587 e. The summed E-state index contributed by atoms with van der Waals surface area (Å²) >= 11 is 3.81. The van der Waals surface area contributed by atoms with Crippen molar-refractivity contribution in [2.24, 2.45) is 0 Å². The lowest BCUT2D eigenvalue weighted by atomic mass is 10.0. The second-order valence-corrected chi connectivity index (χ2v) is 7.07. The Kier molecular flexibility index (Phi) is 2.92. The van der Waals surface area contributed by atoms with Crippen molar-refractivity contribution in [3.63, 3.8) is 0 Å². The molecule has 1 heterocycles. The van der Waals surface area contributed by atoms with E-state index in [4.69, 9.17) is 0 Å². The van der Waals surface area contributed by atoms with Crippen LogP contribution in [0.15, 0.2) is 36.4 Å². The first-order chi connectivity index (χ1) is 8.65. The van der Waals surface area contributed by atoms with Gasteiger partial charge < -0.3 is 0 Å². The summed E-state index contributed by atoms with van der Waals surface area (Å²) < 4.78 is 4.19. The maximum Gasteiger partial charge on any atom is 0.286 e. The minimum absolute atomic E-state index is 1.35. The molecule has 3 rings (SSSR count). The molecule has 0 radical (unpaired) electrons. The molecule has 0 saturated carbocycles. The summed E-state index contributed by atoms with van der Waals surface area (Å²) in [6, 6.07) is 13.2. The van der Waals surface area contributed by atoms with Gasteiger partial charge in [-0.2, -0.15) is 0 Å². The molecule has 0 spiro atoms. The first-order valence-corrected chi connectivity index (χ1v) is 7.68. The molecule has 0 atom stereocenters. The van der Waals surface area contributed by atoms with E-state index in [9.17, 15) is 0 Å². The maximum atomic E-state index is 2.28. The average molecular weight is 271 g/mol. The van der Waals surface area contributed by atoms with Gasteiger partial charge in [0.25, 0.3) is 4.19 Å². The lowest BCUT2D eigenvalue weighted by Crippen LogP contribution is -1.86. The molecule has 2 aromatic carbocycles. The summed E-state index contributed by atoms with van der Waals surface area (Å²) in [5.41, 5.74) is 5.54. The van der Waals surface area contributed by atoms with Gasteiger partial charge in [0, 0.05) is 0 Å². The highest BCUT2D eigenvalue weighted by Crippen LogP contribution is 2.41. The molecule has 0 aliphatic heterocycles. The Morgan fingerprint density at radius 2 is 1.61 bits per heavy atom. The normalized spacial score (nSPS) is 11.1. The number of hydrogen-bond acceptors (Lipinski definition) is 1. The van der Waals surface area contributed by atoms with E-state index >= 15 is 0 Å². The fraction of sp³-hybridized carbons (Fsp3) is 0.188. The molecule has 1 aromatic heterocycles. The Hall–Kier alpha value is -1.25. The molecule has 0 N–H and O–H groups in total. The lowest BCUT2D eigenvalue weighted by molar-refractivity contribution is 1.33. The van der Waals surface area contributed by atoms with Crippen LogP contribution in [0.25, 0.3) is 19.2 Å². The number of hydrogen-bond donors (Lipinski definition) is 0. The van der Waals surface area contributed by atoms with E-state index in [1.54, 1.807) is 0 Å². The summed E-state index contributed by atoms with van der Waals surface area (Å²) in [6.45, 7) is 6.59. The molecule has 18 heavy (non-hydrogen) atoms. The highest BCUT2D eigenvalue weighted by atomic mass is 32.2. The highest BCUT2D eigenvalue weighted by Gasteiger charge is 2.20. The van der Waals surface area contributed by atoms with Gasteiger partial charge in [-0.1, -0.05) is 29.8 Å². The van der Waals surface area contributed by atoms with Crippen molar-refractivity contribution < 1.29 is 0 Å². The Morgan fingerprint density at radius 3 is 2.28 bits per heavy atom. The van der Waals surface area contributed by atoms with E-state index in [1.807, 2.05) is 22.7 Å². The number of benzene rings is 2. The fourth-order valence-electron chi connectivity index (χ4n) is 2.44. The third-order valence-electron chi connectivity index (χ3n) is 3.14. The number of aryl methyl sites for hydroxylation is 3. The van der Waals surface area contributed by atoms with Crippen LogP contribution >= 0.6 is 22.7 Å². The van der Waals surface area contributed by atoms with Gasteiger partial charge in [0.1, 0.15) is 0 Å². The zero-order valence-corrected chi connectivity index (χ0v) is 12.4. The van der Waals surface area contributed by atoms with E-state index in [-0.39, 0.29) is 0 Å². The van der Waals surface area contributed by atoms with Gasteiger partial charge in [-0.3, -0.25) is 0 Å². The van der Waals surface area contributed by atoms with E-state index in [0.717, 1.165) is 0 Å². The fourth-order valence-corrected chi connectivity index (χ4v) is 5.28. The van der Waals surface area contributed by atoms with Crippen molar-refractivity contribution in [1.29, 1.82) is 0 Å². The molecule has 0 aliphatic rings. The van der Waals surface area contributed by atoms with E-state index in [2.05, 4.69) is 57.2 Å². The largest absolute Gasteiger partial charge is 0.286 e. The second-order valence-electron chi connectivity index (χ2n) is 4.71. The van der Waals surface area contributed by atoms with Gasteiger partial charge >= 0.3 is 0 Å². The van der Waals surface area contributed by atoms with Crippen molar-refractivity contribution in [3.05, 3.63) is 53.1 Å². The van der Waals surface area contributed by atoms with E-state index in [0.29, 0.717) is 0 Å². The zero-order chi connectivity index (χ0) is 12.7. The van der Waals surface area contributed by atoms with Crippen molar-refractivity contribution >= 4 is 32.1 Å². The Morgan fingerprint density at radius 1 is 0.944 bits per heavy atom. The van der Waals surface area contributed by atoms with Gasteiger partial charge in [-0.25, -0.2) is 0 Å². The van der Waals surface area contributed by atoms with Gasteiger partial charge in [-0.05, 0) is 44.0 Å². The number of rotatable bonds is 1. The minimum atomic E-state index is 1.35. The maximum absolute atomic E-state index is 2.28. The third kappa shape index (κ3) is 1.96. The summed E-state index contributed by atoms with van der Waals surface area (Å²) in [6.07, 6.45) is 0. The Bertz CT molecular complexity index is 667. The summed E-state index contributed by atoms with van der Waals surface area (Å²) in [7, 11) is 0. The van der Waals surface area contributed by atoms with Crippen LogP contribution in [-0.2, 0) is 0 Å². The molecule has 0 aliphatic carbocycles. The molecular weight excluding hydrogens is 256 g/mol. The van der Waals surface area contributed by atoms with Gasteiger partial charge in [0.15, 0.2) is 9.40 Å². The van der Waals surface area contributed by atoms with E-state index in [1.165, 1.54) is 35.8 Å². The van der Waals surface area contributed by atoms with Crippen LogP contribution in [0.1, 0.15) is 16.7 Å². The molecule has 90 valence electrons. The molecular formula is C16H15S2+. The average Bonchev–Trinajstić information content (AvgIpc) is 2.70. The van der Waals surface area contributed by atoms with Crippen molar-refractivity contribution in [1.82, 2.24) is 0 Å². The summed E-state index contributed by atoms with van der Waals surface area (Å²) in [5.74, 6) is 0. The van der Waals surface area contributed by atoms with Crippen molar-refractivity contribution in [2.45, 2.75) is 20.8 Å². The molecule has 0 saturated heterocycles. The molecule has 2 heteroatoms. The summed E-state index contributed by atoms with van der Waals surface area (Å²) in [4.78, 5) is 0. The molecule has 0 bridgehead atoms. The SMILES string of the molecule is Cc1cc(C)c(-c2sc3ccccc3[s+]2)c(C)c1. The van der Waals surface area contributed by atoms with Crippen LogP contribution in [0, 0.1) is 20.8 Å². The standard InChI is InChI=1S/C16H15S2/c1-10-8-11(2)15(12(3)9-10)16-17-13-6-4-5-7-14(13)18-16/h4-9H,1-3H3/q+1. The Labute approximate surface area is 116 Å². The zero-order valence-electron chi connectivity index (χ0n) is 10.8. The van der Waals surface area contributed by atoms with Crippen LogP contribution in [0.2, 0.25) is 0 Å². The van der Waals surface area contributed by atoms with Crippen LogP contribution < -0.4 is 0 Å². The third-order valence-corrected chi connectivity index (χ3v) is 5.70. The first kappa shape index (κ1) is 11.8. The topological polar surface area (TPSA) is 0 Å². The van der Waals surface area contributed by atoms with Gasteiger partial charge in [0.2, 0.25) is 0 Å². The first-order valence-electron chi connectivity index (χ1n) is 6.05. The molecule has 3 aromatic rings. The Balaban J connectivity index is 2.26. The van der Waals surface area contributed by atoms with Crippen molar-refractivity contribution in [3.8, 4) is 9.75 Å².